The Hall–Kier alpha value is -4.42. The monoisotopic (exact) mass is 696 g/mol. The first-order valence-electron chi connectivity index (χ1n) is 17.0. The van der Waals surface area contributed by atoms with Crippen molar-refractivity contribution in [1.82, 2.24) is 4.90 Å². The van der Waals surface area contributed by atoms with Crippen LogP contribution in [0, 0.1) is 11.6 Å². The fraction of sp³-hybridized carbons (Fsp3) is 0.474. The minimum Gasteiger partial charge on any atom is -0.493 e. The highest BCUT2D eigenvalue weighted by molar-refractivity contribution is 5.97. The summed E-state index contributed by atoms with van der Waals surface area (Å²) >= 11 is 0. The summed E-state index contributed by atoms with van der Waals surface area (Å²) in [5.74, 6) is -0.0243. The molecule has 5 rings (SSSR count). The smallest absolute Gasteiger partial charge is 0.410 e. The molecule has 1 fully saturated rings. The standard InChI is InChI=1S/C38H46F2N2O8/c1-38(2,3)50-37(44)41-15-13-32(27-8-10-30(11-9-27)46-17-6-18-47-31-21-28(39)20-29(40)22-31)35(23-41)48-24-26-7-12-34-33(19-26)42(14-5-16-45-4)36(43)25-49-34/h7-12,19-22,32,35H,5-6,13-18,23-25H2,1-4H3. The van der Waals surface area contributed by atoms with Crippen molar-refractivity contribution in [3.63, 3.8) is 0 Å². The first-order chi connectivity index (χ1) is 24.0. The third-order valence-corrected chi connectivity index (χ3v) is 8.34. The van der Waals surface area contributed by atoms with E-state index in [0.29, 0.717) is 69.3 Å². The maximum atomic E-state index is 13.4. The van der Waals surface area contributed by atoms with Crippen LogP contribution in [0.1, 0.15) is 57.1 Å². The first-order valence-corrected chi connectivity index (χ1v) is 17.0. The van der Waals surface area contributed by atoms with Crippen LogP contribution in [0.25, 0.3) is 0 Å². The SMILES string of the molecule is COCCCN1C(=O)COc2ccc(COC3CN(C(=O)OC(C)(C)C)CCC3c3ccc(OCCCOc4cc(F)cc(F)c4)cc3)cc21. The van der Waals surface area contributed by atoms with Gasteiger partial charge in [-0.3, -0.25) is 4.79 Å². The Morgan fingerprint density at radius 2 is 1.64 bits per heavy atom. The molecule has 3 aromatic rings. The second kappa shape index (κ2) is 17.0. The van der Waals surface area contributed by atoms with Gasteiger partial charge in [0.05, 0.1) is 38.2 Å². The van der Waals surface area contributed by atoms with Crippen LogP contribution in [-0.2, 0) is 25.6 Å². The number of carbonyl (C=O) groups excluding carboxylic acids is 2. The fourth-order valence-corrected chi connectivity index (χ4v) is 5.97. The van der Waals surface area contributed by atoms with Crippen molar-refractivity contribution in [2.75, 3.05) is 58.1 Å². The van der Waals surface area contributed by atoms with E-state index in [1.807, 2.05) is 63.2 Å². The Labute approximate surface area is 292 Å². The number of anilines is 1. The van der Waals surface area contributed by atoms with Gasteiger partial charge in [-0.2, -0.15) is 0 Å². The molecule has 10 nitrogen and oxygen atoms in total. The number of nitrogens with zero attached hydrogens (tertiary/aromatic N) is 2. The van der Waals surface area contributed by atoms with Crippen LogP contribution in [0.4, 0.5) is 19.3 Å². The largest absolute Gasteiger partial charge is 0.493 e. The number of carbonyl (C=O) groups is 2. The van der Waals surface area contributed by atoms with Gasteiger partial charge in [-0.1, -0.05) is 18.2 Å². The molecule has 3 aromatic carbocycles. The Kier molecular flexibility index (Phi) is 12.5. The van der Waals surface area contributed by atoms with Crippen molar-refractivity contribution in [2.45, 2.75) is 64.3 Å². The number of methoxy groups -OCH3 is 1. The quantitative estimate of drug-likeness (QED) is 0.168. The van der Waals surface area contributed by atoms with Gasteiger partial charge in [-0.05, 0) is 69.0 Å². The maximum Gasteiger partial charge on any atom is 0.410 e. The third-order valence-electron chi connectivity index (χ3n) is 8.34. The van der Waals surface area contributed by atoms with Crippen molar-refractivity contribution in [3.8, 4) is 17.2 Å². The van der Waals surface area contributed by atoms with Crippen LogP contribution in [0.15, 0.2) is 60.7 Å². The highest BCUT2D eigenvalue weighted by atomic mass is 19.1. The van der Waals surface area contributed by atoms with Crippen LogP contribution < -0.4 is 19.1 Å². The molecule has 2 aliphatic rings. The minimum absolute atomic E-state index is 0.00277. The first kappa shape index (κ1) is 36.9. The van der Waals surface area contributed by atoms with Gasteiger partial charge in [0.2, 0.25) is 0 Å². The molecule has 0 bridgehead atoms. The van der Waals surface area contributed by atoms with Gasteiger partial charge < -0.3 is 38.2 Å². The van der Waals surface area contributed by atoms with Crippen molar-refractivity contribution in [2.24, 2.45) is 0 Å². The molecule has 0 aromatic heterocycles. The summed E-state index contributed by atoms with van der Waals surface area (Å²) in [6.07, 6.45) is 1.17. The molecule has 50 heavy (non-hydrogen) atoms. The molecule has 12 heteroatoms. The van der Waals surface area contributed by atoms with Crippen molar-refractivity contribution in [1.29, 1.82) is 0 Å². The summed E-state index contributed by atoms with van der Waals surface area (Å²) in [6, 6.07) is 16.6. The topological polar surface area (TPSA) is 96.0 Å². The van der Waals surface area contributed by atoms with Crippen molar-refractivity contribution < 1.29 is 46.8 Å². The minimum atomic E-state index is -0.688. The molecule has 2 heterocycles. The van der Waals surface area contributed by atoms with Gasteiger partial charge in [-0.15, -0.1) is 0 Å². The van der Waals surface area contributed by atoms with E-state index in [-0.39, 0.29) is 49.6 Å². The van der Waals surface area contributed by atoms with Crippen LogP contribution in [0.5, 0.6) is 17.2 Å². The summed E-state index contributed by atoms with van der Waals surface area (Å²) in [7, 11) is 1.64. The predicted octanol–water partition coefficient (Wildman–Crippen LogP) is 6.88. The Morgan fingerprint density at radius 1 is 0.920 bits per heavy atom. The molecule has 2 aliphatic heterocycles. The molecule has 0 radical (unpaired) electrons. The number of amides is 2. The summed E-state index contributed by atoms with van der Waals surface area (Å²) in [5.41, 5.74) is 2.01. The van der Waals surface area contributed by atoms with Crippen LogP contribution in [0.2, 0.25) is 0 Å². The number of rotatable bonds is 14. The number of benzene rings is 3. The van der Waals surface area contributed by atoms with E-state index in [1.54, 1.807) is 16.9 Å². The Balaban J connectivity index is 1.22. The number of hydrogen-bond donors (Lipinski definition) is 0. The second-order valence-corrected chi connectivity index (χ2v) is 13.4. The summed E-state index contributed by atoms with van der Waals surface area (Å²) < 4.78 is 61.2. The van der Waals surface area contributed by atoms with Gasteiger partial charge in [0.25, 0.3) is 5.91 Å². The van der Waals surface area contributed by atoms with Crippen molar-refractivity contribution >= 4 is 17.7 Å². The Bertz CT molecular complexity index is 1580. The average molecular weight is 697 g/mol. The fourth-order valence-electron chi connectivity index (χ4n) is 5.97. The summed E-state index contributed by atoms with van der Waals surface area (Å²) in [5, 5.41) is 0. The normalized spacial score (nSPS) is 17.6. The molecule has 2 atom stereocenters. The molecule has 2 amide bonds. The molecule has 270 valence electrons. The maximum absolute atomic E-state index is 13.4. The zero-order chi connectivity index (χ0) is 35.7. The lowest BCUT2D eigenvalue weighted by atomic mass is 9.87. The van der Waals surface area contributed by atoms with Crippen LogP contribution in [-0.4, -0.2) is 81.8 Å². The van der Waals surface area contributed by atoms with Gasteiger partial charge in [0.1, 0.15) is 34.5 Å². The zero-order valence-corrected chi connectivity index (χ0v) is 29.1. The Morgan fingerprint density at radius 3 is 2.34 bits per heavy atom. The van der Waals surface area contributed by atoms with Gasteiger partial charge in [0, 0.05) is 57.3 Å². The number of fused-ring (bicyclic) bond motifs is 1. The lowest BCUT2D eigenvalue weighted by Crippen LogP contribution is -2.48. The van der Waals surface area contributed by atoms with Crippen LogP contribution >= 0.6 is 0 Å². The predicted molar refractivity (Wildman–Crippen MR) is 183 cm³/mol. The van der Waals surface area contributed by atoms with Gasteiger partial charge in [0.15, 0.2) is 6.61 Å². The molecule has 0 aliphatic carbocycles. The zero-order valence-electron chi connectivity index (χ0n) is 29.1. The number of hydrogen-bond acceptors (Lipinski definition) is 8. The third kappa shape index (κ3) is 10.3. The molecular weight excluding hydrogens is 650 g/mol. The number of piperidine rings is 1. The molecule has 0 spiro atoms. The van der Waals surface area contributed by atoms with E-state index in [9.17, 15) is 18.4 Å². The van der Waals surface area contributed by atoms with E-state index in [4.69, 9.17) is 28.4 Å². The van der Waals surface area contributed by atoms with Gasteiger partial charge >= 0.3 is 6.09 Å². The average Bonchev–Trinajstić information content (AvgIpc) is 3.07. The van der Waals surface area contributed by atoms with Crippen LogP contribution in [0.3, 0.4) is 0 Å². The van der Waals surface area contributed by atoms with E-state index in [1.165, 1.54) is 0 Å². The molecule has 1 saturated heterocycles. The second-order valence-electron chi connectivity index (χ2n) is 13.4. The molecule has 0 N–H and O–H groups in total. The van der Waals surface area contributed by atoms with Crippen molar-refractivity contribution in [3.05, 3.63) is 83.4 Å². The summed E-state index contributed by atoms with van der Waals surface area (Å²) in [4.78, 5) is 29.2. The van der Waals surface area contributed by atoms with E-state index in [0.717, 1.165) is 29.3 Å². The number of halogens is 2. The molecule has 2 unspecified atom stereocenters. The molecular formula is C38H46F2N2O8. The number of ether oxygens (including phenoxy) is 6. The number of likely N-dealkylation sites (tertiary alicyclic amines) is 1. The van der Waals surface area contributed by atoms with Gasteiger partial charge in [-0.25, -0.2) is 13.6 Å². The lowest BCUT2D eigenvalue weighted by Gasteiger charge is -2.39. The van der Waals surface area contributed by atoms with E-state index < -0.39 is 17.2 Å². The highest BCUT2D eigenvalue weighted by Gasteiger charge is 2.35. The van der Waals surface area contributed by atoms with E-state index >= 15 is 0 Å². The lowest BCUT2D eigenvalue weighted by molar-refractivity contribution is -0.121. The summed E-state index contributed by atoms with van der Waals surface area (Å²) in [6.45, 7) is 8.33. The van der Waals surface area contributed by atoms with E-state index in [2.05, 4.69) is 0 Å². The molecule has 0 saturated carbocycles. The highest BCUT2D eigenvalue weighted by Crippen LogP contribution is 2.36.